The summed E-state index contributed by atoms with van der Waals surface area (Å²) in [6.07, 6.45) is 1.75. The van der Waals surface area contributed by atoms with Crippen LogP contribution in [0.25, 0.3) is 10.9 Å². The standard InChI is InChI=1S/C10H11NO3/c12-5-6-14-11-4-3-8-1-2-9(13)7-10(8)11/h1-4,7,12-13H,5-6H2. The van der Waals surface area contributed by atoms with Gasteiger partial charge in [-0.1, -0.05) is 0 Å². The first-order valence-electron chi connectivity index (χ1n) is 4.35. The van der Waals surface area contributed by atoms with Crippen LogP contribution in [0.2, 0.25) is 0 Å². The summed E-state index contributed by atoms with van der Waals surface area (Å²) in [5.74, 6) is 0.199. The predicted octanol–water partition coefficient (Wildman–Crippen LogP) is 0.768. The molecule has 0 spiro atoms. The molecule has 2 rings (SSSR count). The number of aromatic nitrogens is 1. The van der Waals surface area contributed by atoms with Crippen molar-refractivity contribution in [3.8, 4) is 5.75 Å². The average Bonchev–Trinajstić information content (AvgIpc) is 2.57. The van der Waals surface area contributed by atoms with Gasteiger partial charge in [-0.15, -0.1) is 0 Å². The molecule has 4 heteroatoms. The zero-order valence-corrected chi connectivity index (χ0v) is 7.55. The zero-order valence-electron chi connectivity index (χ0n) is 7.55. The summed E-state index contributed by atoms with van der Waals surface area (Å²) in [7, 11) is 0. The number of aromatic hydroxyl groups is 1. The molecule has 0 aliphatic rings. The quantitative estimate of drug-likeness (QED) is 0.757. The minimum atomic E-state index is -0.0293. The predicted molar refractivity (Wildman–Crippen MR) is 52.1 cm³/mol. The van der Waals surface area contributed by atoms with E-state index in [9.17, 15) is 5.11 Å². The number of phenols is 1. The van der Waals surface area contributed by atoms with Gasteiger partial charge in [0.15, 0.2) is 0 Å². The third-order valence-corrected chi connectivity index (χ3v) is 1.96. The van der Waals surface area contributed by atoms with Crippen molar-refractivity contribution in [3.63, 3.8) is 0 Å². The second-order valence-corrected chi connectivity index (χ2v) is 2.94. The number of fused-ring (bicyclic) bond motifs is 1. The van der Waals surface area contributed by atoms with E-state index in [0.717, 1.165) is 10.9 Å². The van der Waals surface area contributed by atoms with Crippen molar-refractivity contribution in [3.05, 3.63) is 30.5 Å². The van der Waals surface area contributed by atoms with Crippen molar-refractivity contribution in [2.75, 3.05) is 13.2 Å². The van der Waals surface area contributed by atoms with Crippen molar-refractivity contribution in [1.29, 1.82) is 0 Å². The van der Waals surface area contributed by atoms with Crippen molar-refractivity contribution in [2.24, 2.45) is 0 Å². The van der Waals surface area contributed by atoms with Gasteiger partial charge in [-0.3, -0.25) is 0 Å². The second kappa shape index (κ2) is 3.59. The molecule has 0 aliphatic carbocycles. The first kappa shape index (κ1) is 8.90. The first-order valence-corrected chi connectivity index (χ1v) is 4.35. The van der Waals surface area contributed by atoms with E-state index in [4.69, 9.17) is 9.94 Å². The Morgan fingerprint density at radius 3 is 2.93 bits per heavy atom. The lowest BCUT2D eigenvalue weighted by atomic mass is 10.2. The Bertz CT molecular complexity index is 436. The average molecular weight is 193 g/mol. The Hall–Kier alpha value is -1.68. The van der Waals surface area contributed by atoms with Gasteiger partial charge in [0.25, 0.3) is 0 Å². The maximum atomic E-state index is 9.28. The number of hydrogen-bond donors (Lipinski definition) is 2. The fraction of sp³-hybridized carbons (Fsp3) is 0.200. The van der Waals surface area contributed by atoms with Crippen LogP contribution in [0.5, 0.6) is 5.75 Å². The first-order chi connectivity index (χ1) is 6.81. The van der Waals surface area contributed by atoms with Crippen molar-refractivity contribution in [1.82, 2.24) is 4.73 Å². The fourth-order valence-electron chi connectivity index (χ4n) is 1.34. The van der Waals surface area contributed by atoms with Crippen molar-refractivity contribution < 1.29 is 15.1 Å². The Morgan fingerprint density at radius 2 is 2.14 bits per heavy atom. The van der Waals surface area contributed by atoms with Crippen LogP contribution in [0.15, 0.2) is 30.5 Å². The number of phenolic OH excluding ortho intramolecular Hbond substituents is 1. The van der Waals surface area contributed by atoms with E-state index in [0.29, 0.717) is 0 Å². The smallest absolute Gasteiger partial charge is 0.138 e. The zero-order chi connectivity index (χ0) is 9.97. The number of benzene rings is 1. The Balaban J connectivity index is 2.40. The van der Waals surface area contributed by atoms with E-state index in [1.807, 2.05) is 12.1 Å². The van der Waals surface area contributed by atoms with Crippen molar-refractivity contribution in [2.45, 2.75) is 0 Å². The highest BCUT2D eigenvalue weighted by Gasteiger charge is 2.01. The Morgan fingerprint density at radius 1 is 1.29 bits per heavy atom. The van der Waals surface area contributed by atoms with Crippen LogP contribution in [0.1, 0.15) is 0 Å². The van der Waals surface area contributed by atoms with Crippen LogP contribution in [-0.4, -0.2) is 28.2 Å². The lowest BCUT2D eigenvalue weighted by Gasteiger charge is -2.06. The summed E-state index contributed by atoms with van der Waals surface area (Å²) >= 11 is 0. The van der Waals surface area contributed by atoms with E-state index < -0.39 is 0 Å². The molecule has 0 radical (unpaired) electrons. The fourth-order valence-corrected chi connectivity index (χ4v) is 1.34. The van der Waals surface area contributed by atoms with E-state index in [2.05, 4.69) is 0 Å². The molecule has 1 heterocycles. The van der Waals surface area contributed by atoms with Crippen molar-refractivity contribution >= 4 is 10.9 Å². The molecule has 2 aromatic rings. The van der Waals surface area contributed by atoms with Crippen LogP contribution in [0.4, 0.5) is 0 Å². The molecule has 0 aliphatic heterocycles. The van der Waals surface area contributed by atoms with Gasteiger partial charge < -0.3 is 15.1 Å². The molecule has 0 saturated carbocycles. The summed E-state index contributed by atoms with van der Waals surface area (Å²) in [5, 5.41) is 18.9. The molecular formula is C10H11NO3. The third kappa shape index (κ3) is 1.52. The van der Waals surface area contributed by atoms with Gasteiger partial charge in [0.05, 0.1) is 12.1 Å². The van der Waals surface area contributed by atoms with Gasteiger partial charge in [-0.25, -0.2) is 0 Å². The summed E-state index contributed by atoms with van der Waals surface area (Å²) in [5.41, 5.74) is 0.790. The molecule has 0 atom stereocenters. The highest BCUT2D eigenvalue weighted by Crippen LogP contribution is 2.19. The molecule has 0 bridgehead atoms. The number of rotatable bonds is 3. The monoisotopic (exact) mass is 193 g/mol. The lowest BCUT2D eigenvalue weighted by molar-refractivity contribution is 0.0832. The topological polar surface area (TPSA) is 54.6 Å². The highest BCUT2D eigenvalue weighted by molar-refractivity contribution is 5.81. The summed E-state index contributed by atoms with van der Waals surface area (Å²) in [4.78, 5) is 5.22. The number of aliphatic hydroxyl groups is 1. The number of hydrogen-bond acceptors (Lipinski definition) is 3. The largest absolute Gasteiger partial charge is 0.508 e. The molecule has 0 saturated heterocycles. The van der Waals surface area contributed by atoms with Gasteiger partial charge in [0, 0.05) is 17.6 Å². The molecule has 4 nitrogen and oxygen atoms in total. The SMILES string of the molecule is OCCOn1ccc2ccc(O)cc21. The number of nitrogens with zero attached hydrogens (tertiary/aromatic N) is 1. The summed E-state index contributed by atoms with van der Waals surface area (Å²) < 4.78 is 1.53. The molecule has 14 heavy (non-hydrogen) atoms. The van der Waals surface area contributed by atoms with Gasteiger partial charge >= 0.3 is 0 Å². The molecular weight excluding hydrogens is 182 g/mol. The normalized spacial score (nSPS) is 10.6. The van der Waals surface area contributed by atoms with Crippen LogP contribution in [0.3, 0.4) is 0 Å². The molecule has 1 aromatic carbocycles. The van der Waals surface area contributed by atoms with Gasteiger partial charge in [-0.05, 0) is 18.2 Å². The maximum absolute atomic E-state index is 9.28. The molecule has 2 N–H and O–H groups in total. The Labute approximate surface area is 80.9 Å². The summed E-state index contributed by atoms with van der Waals surface area (Å²) in [6, 6.07) is 6.93. The third-order valence-electron chi connectivity index (χ3n) is 1.96. The van der Waals surface area contributed by atoms with Crippen LogP contribution in [-0.2, 0) is 0 Å². The lowest BCUT2D eigenvalue weighted by Crippen LogP contribution is -2.13. The van der Waals surface area contributed by atoms with Crippen LogP contribution < -0.4 is 4.84 Å². The van der Waals surface area contributed by atoms with Crippen LogP contribution in [0, 0.1) is 0 Å². The number of aliphatic hydroxyl groups excluding tert-OH is 1. The van der Waals surface area contributed by atoms with Gasteiger partial charge in [-0.2, -0.15) is 4.73 Å². The molecule has 1 aromatic heterocycles. The molecule has 0 unspecified atom stereocenters. The van der Waals surface area contributed by atoms with Gasteiger partial charge in [0.2, 0.25) is 0 Å². The van der Waals surface area contributed by atoms with Gasteiger partial charge in [0.1, 0.15) is 12.4 Å². The summed E-state index contributed by atoms with van der Waals surface area (Å²) in [6.45, 7) is 0.206. The molecule has 0 fully saturated rings. The van der Waals surface area contributed by atoms with E-state index in [-0.39, 0.29) is 19.0 Å². The molecule has 0 amide bonds. The second-order valence-electron chi connectivity index (χ2n) is 2.94. The minimum absolute atomic E-state index is 0.0293. The minimum Gasteiger partial charge on any atom is -0.508 e. The van der Waals surface area contributed by atoms with E-state index >= 15 is 0 Å². The van der Waals surface area contributed by atoms with Crippen LogP contribution >= 0.6 is 0 Å². The van der Waals surface area contributed by atoms with E-state index in [1.165, 1.54) is 4.73 Å². The maximum Gasteiger partial charge on any atom is 0.138 e. The van der Waals surface area contributed by atoms with E-state index in [1.54, 1.807) is 18.3 Å². The Kier molecular flexibility index (Phi) is 2.28. The molecule has 74 valence electrons. The highest BCUT2D eigenvalue weighted by atomic mass is 16.7.